The average molecular weight is 327 g/mol. The third-order valence-corrected chi connectivity index (χ3v) is 5.55. The summed E-state index contributed by atoms with van der Waals surface area (Å²) < 4.78 is 6.23. The Morgan fingerprint density at radius 2 is 1.56 bits per heavy atom. The van der Waals surface area contributed by atoms with E-state index in [1.54, 1.807) is 0 Å². The maximum Gasteiger partial charge on any atom is 0.0939 e. The summed E-state index contributed by atoms with van der Waals surface area (Å²) in [5, 5.41) is 3.89. The molecule has 2 aliphatic rings. The van der Waals surface area contributed by atoms with Gasteiger partial charge in [0.1, 0.15) is 0 Å². The van der Waals surface area contributed by atoms with Gasteiger partial charge < -0.3 is 4.74 Å². The van der Waals surface area contributed by atoms with Gasteiger partial charge in [-0.05, 0) is 34.2 Å². The van der Waals surface area contributed by atoms with Crippen LogP contribution in [0, 0.1) is 0 Å². The summed E-state index contributed by atoms with van der Waals surface area (Å²) in [7, 11) is 0. The quantitative estimate of drug-likeness (QED) is 0.769. The number of ether oxygens (including phenoxy) is 1. The van der Waals surface area contributed by atoms with Gasteiger partial charge in [-0.3, -0.25) is 5.32 Å². The van der Waals surface area contributed by atoms with Crippen molar-refractivity contribution in [1.29, 1.82) is 0 Å². The fraction of sp³-hybridized carbons (Fsp3) is 0.217. The maximum absolute atomic E-state index is 6.23. The summed E-state index contributed by atoms with van der Waals surface area (Å²) in [5.74, 6) is 0. The monoisotopic (exact) mass is 327 g/mol. The standard InChI is InChI=1S/C23H21NO/c1-2-8-17(9-3-1)15-25-16-23-20-12-6-4-10-18(20)14-22(24-23)19-11-5-7-13-21(19)23/h1-13,22,24H,14-16H2. The molecule has 0 saturated heterocycles. The van der Waals surface area contributed by atoms with Gasteiger partial charge in [0.2, 0.25) is 0 Å². The van der Waals surface area contributed by atoms with Gasteiger partial charge in [0.15, 0.2) is 0 Å². The third-order valence-electron chi connectivity index (χ3n) is 5.55. The van der Waals surface area contributed by atoms with E-state index in [9.17, 15) is 0 Å². The second kappa shape index (κ2) is 5.83. The molecule has 2 bridgehead atoms. The second-order valence-corrected chi connectivity index (χ2v) is 7.03. The van der Waals surface area contributed by atoms with E-state index in [0.717, 1.165) is 6.42 Å². The molecule has 0 amide bonds. The van der Waals surface area contributed by atoms with Gasteiger partial charge in [-0.25, -0.2) is 0 Å². The maximum atomic E-state index is 6.23. The molecule has 3 aromatic rings. The molecule has 2 heterocycles. The number of hydrogen-bond donors (Lipinski definition) is 1. The van der Waals surface area contributed by atoms with Crippen molar-refractivity contribution in [3.05, 3.63) is 107 Å². The molecule has 0 saturated carbocycles. The molecule has 2 atom stereocenters. The molecular weight excluding hydrogens is 306 g/mol. The van der Waals surface area contributed by atoms with Gasteiger partial charge in [-0.15, -0.1) is 0 Å². The normalized spacial score (nSPS) is 23.1. The molecule has 3 aromatic carbocycles. The highest BCUT2D eigenvalue weighted by Crippen LogP contribution is 2.48. The Bertz CT molecular complexity index is 892. The molecule has 0 aliphatic carbocycles. The Kier molecular flexibility index (Phi) is 3.47. The fourth-order valence-electron chi connectivity index (χ4n) is 4.45. The van der Waals surface area contributed by atoms with Crippen molar-refractivity contribution in [2.75, 3.05) is 6.61 Å². The molecule has 2 aliphatic heterocycles. The minimum absolute atomic E-state index is 0.231. The van der Waals surface area contributed by atoms with Gasteiger partial charge in [0, 0.05) is 6.04 Å². The lowest BCUT2D eigenvalue weighted by molar-refractivity contribution is 0.0692. The third kappa shape index (κ3) is 2.33. The summed E-state index contributed by atoms with van der Waals surface area (Å²) in [4.78, 5) is 0. The van der Waals surface area contributed by atoms with Crippen LogP contribution in [0.4, 0.5) is 0 Å². The molecule has 1 N–H and O–H groups in total. The first-order valence-corrected chi connectivity index (χ1v) is 8.94. The molecule has 2 heteroatoms. The smallest absolute Gasteiger partial charge is 0.0939 e. The van der Waals surface area contributed by atoms with Crippen LogP contribution in [0.3, 0.4) is 0 Å². The minimum Gasteiger partial charge on any atom is -0.374 e. The van der Waals surface area contributed by atoms with Crippen molar-refractivity contribution in [2.24, 2.45) is 0 Å². The first kappa shape index (κ1) is 14.9. The number of benzene rings is 3. The molecular formula is C23H21NO. The largest absolute Gasteiger partial charge is 0.374 e. The highest BCUT2D eigenvalue weighted by Gasteiger charge is 2.48. The lowest BCUT2D eigenvalue weighted by Crippen LogP contribution is -2.47. The van der Waals surface area contributed by atoms with Crippen molar-refractivity contribution in [3.63, 3.8) is 0 Å². The minimum atomic E-state index is -0.231. The van der Waals surface area contributed by atoms with Crippen LogP contribution in [-0.2, 0) is 23.3 Å². The first-order chi connectivity index (χ1) is 12.4. The van der Waals surface area contributed by atoms with Crippen LogP contribution in [0.5, 0.6) is 0 Å². The van der Waals surface area contributed by atoms with E-state index in [-0.39, 0.29) is 5.54 Å². The zero-order valence-corrected chi connectivity index (χ0v) is 14.1. The van der Waals surface area contributed by atoms with E-state index in [1.165, 1.54) is 27.8 Å². The lowest BCUT2D eigenvalue weighted by Gasteiger charge is -2.37. The van der Waals surface area contributed by atoms with Crippen LogP contribution in [0.2, 0.25) is 0 Å². The van der Waals surface area contributed by atoms with Crippen molar-refractivity contribution >= 4 is 0 Å². The Balaban J connectivity index is 1.52. The number of hydrogen-bond acceptors (Lipinski definition) is 2. The Morgan fingerprint density at radius 3 is 2.44 bits per heavy atom. The van der Waals surface area contributed by atoms with Gasteiger partial charge in [0.25, 0.3) is 0 Å². The summed E-state index contributed by atoms with van der Waals surface area (Å²) in [6, 6.07) is 28.4. The van der Waals surface area contributed by atoms with Crippen molar-refractivity contribution in [1.82, 2.24) is 5.32 Å². The molecule has 25 heavy (non-hydrogen) atoms. The van der Waals surface area contributed by atoms with Crippen LogP contribution in [-0.4, -0.2) is 6.61 Å². The van der Waals surface area contributed by atoms with Gasteiger partial charge >= 0.3 is 0 Å². The van der Waals surface area contributed by atoms with Crippen LogP contribution >= 0.6 is 0 Å². The van der Waals surface area contributed by atoms with Crippen LogP contribution in [0.1, 0.15) is 33.9 Å². The van der Waals surface area contributed by atoms with Gasteiger partial charge in [-0.1, -0.05) is 78.9 Å². The molecule has 2 unspecified atom stereocenters. The molecule has 0 aromatic heterocycles. The summed E-state index contributed by atoms with van der Waals surface area (Å²) >= 11 is 0. The zero-order valence-electron chi connectivity index (χ0n) is 14.1. The highest BCUT2D eigenvalue weighted by atomic mass is 16.5. The SMILES string of the molecule is c1ccc(COCC23NC(Cc4ccccc42)c2ccccc23)cc1. The van der Waals surface area contributed by atoms with E-state index in [0.29, 0.717) is 19.3 Å². The topological polar surface area (TPSA) is 21.3 Å². The molecule has 2 nitrogen and oxygen atoms in total. The molecule has 124 valence electrons. The molecule has 5 rings (SSSR count). The van der Waals surface area contributed by atoms with E-state index in [1.807, 2.05) is 6.07 Å². The van der Waals surface area contributed by atoms with Crippen molar-refractivity contribution in [3.8, 4) is 0 Å². The Labute approximate surface area is 148 Å². The zero-order chi connectivity index (χ0) is 16.7. The summed E-state index contributed by atoms with van der Waals surface area (Å²) in [5.41, 5.74) is 6.58. The lowest BCUT2D eigenvalue weighted by atomic mass is 9.81. The van der Waals surface area contributed by atoms with E-state index in [4.69, 9.17) is 4.74 Å². The predicted octanol–water partition coefficient (Wildman–Crippen LogP) is 4.35. The number of rotatable bonds is 4. The predicted molar refractivity (Wildman–Crippen MR) is 99.3 cm³/mol. The van der Waals surface area contributed by atoms with Crippen LogP contribution in [0.25, 0.3) is 0 Å². The molecule has 0 spiro atoms. The van der Waals surface area contributed by atoms with Crippen LogP contribution < -0.4 is 5.32 Å². The summed E-state index contributed by atoms with van der Waals surface area (Å²) in [6.45, 7) is 1.28. The Hall–Kier alpha value is -2.42. The average Bonchev–Trinajstić information content (AvgIpc) is 2.93. The van der Waals surface area contributed by atoms with Crippen molar-refractivity contribution in [2.45, 2.75) is 24.6 Å². The fourth-order valence-corrected chi connectivity index (χ4v) is 4.45. The molecule has 0 radical (unpaired) electrons. The number of nitrogens with one attached hydrogen (secondary N) is 1. The second-order valence-electron chi connectivity index (χ2n) is 7.03. The molecule has 0 fully saturated rings. The van der Waals surface area contributed by atoms with Gasteiger partial charge in [0.05, 0.1) is 18.8 Å². The first-order valence-electron chi connectivity index (χ1n) is 8.94. The Morgan fingerprint density at radius 1 is 0.840 bits per heavy atom. The van der Waals surface area contributed by atoms with E-state index >= 15 is 0 Å². The number of fused-ring (bicyclic) bond motifs is 7. The van der Waals surface area contributed by atoms with Crippen molar-refractivity contribution < 1.29 is 4.74 Å². The van der Waals surface area contributed by atoms with E-state index in [2.05, 4.69) is 78.1 Å². The van der Waals surface area contributed by atoms with E-state index < -0.39 is 0 Å². The van der Waals surface area contributed by atoms with Crippen LogP contribution in [0.15, 0.2) is 78.9 Å². The van der Waals surface area contributed by atoms with Gasteiger partial charge in [-0.2, -0.15) is 0 Å². The summed E-state index contributed by atoms with van der Waals surface area (Å²) in [6.07, 6.45) is 1.05. The highest BCUT2D eigenvalue weighted by molar-refractivity contribution is 5.55.